The molecule has 0 N–H and O–H groups in total. The molecule has 1 nitrogen and oxygen atoms in total. The maximum Gasteiger partial charge on any atom is 0.129 e. The largest absolute Gasteiger partial charge is 0.378 e. The molecule has 0 saturated heterocycles. The summed E-state index contributed by atoms with van der Waals surface area (Å²) in [4.78, 5) is 0. The first-order valence-electron chi connectivity index (χ1n) is 5.55. The monoisotopic (exact) mass is 228 g/mol. The van der Waals surface area contributed by atoms with Crippen molar-refractivity contribution < 1.29 is 13.5 Å². The van der Waals surface area contributed by atoms with Gasteiger partial charge in [-0.05, 0) is 25.0 Å². The molecular weight excluding hydrogens is 210 g/mol. The highest BCUT2D eigenvalue weighted by atomic mass is 19.1. The van der Waals surface area contributed by atoms with E-state index in [1.807, 2.05) is 20.8 Å². The third kappa shape index (κ3) is 3.89. The first-order chi connectivity index (χ1) is 7.50. The van der Waals surface area contributed by atoms with Crippen LogP contribution >= 0.6 is 0 Å². The summed E-state index contributed by atoms with van der Waals surface area (Å²) in [5.74, 6) is -0.576. The van der Waals surface area contributed by atoms with Crippen LogP contribution in [0.4, 0.5) is 8.78 Å². The quantitative estimate of drug-likeness (QED) is 0.748. The van der Waals surface area contributed by atoms with Gasteiger partial charge in [0.25, 0.3) is 0 Å². The molecule has 1 aromatic carbocycles. The molecule has 1 unspecified atom stereocenters. The molecule has 0 radical (unpaired) electrons. The molecule has 16 heavy (non-hydrogen) atoms. The predicted octanol–water partition coefficient (Wildman–Crippen LogP) is 3.57. The molecule has 0 aromatic heterocycles. The maximum absolute atomic E-state index is 13.3. The van der Waals surface area contributed by atoms with Gasteiger partial charge in [-0.1, -0.05) is 19.9 Å². The summed E-state index contributed by atoms with van der Waals surface area (Å²) in [6.45, 7) is 6.51. The molecule has 0 heterocycles. The molecule has 1 atom stereocenters. The van der Waals surface area contributed by atoms with Crippen molar-refractivity contribution in [3.63, 3.8) is 0 Å². The Labute approximate surface area is 95.4 Å². The third-order valence-corrected chi connectivity index (χ3v) is 2.27. The minimum atomic E-state index is -0.500. The molecule has 0 saturated carbocycles. The van der Waals surface area contributed by atoms with Crippen LogP contribution in [0.25, 0.3) is 0 Å². The summed E-state index contributed by atoms with van der Waals surface area (Å²) < 4.78 is 32.1. The lowest BCUT2D eigenvalue weighted by molar-refractivity contribution is 0.0470. The van der Waals surface area contributed by atoms with Gasteiger partial charge < -0.3 is 4.74 Å². The number of ether oxygens (including phenoxy) is 1. The van der Waals surface area contributed by atoms with E-state index in [0.29, 0.717) is 12.5 Å². The second kappa shape index (κ2) is 5.94. The van der Waals surface area contributed by atoms with Gasteiger partial charge in [0.1, 0.15) is 11.6 Å². The minimum Gasteiger partial charge on any atom is -0.378 e. The lowest BCUT2D eigenvalue weighted by Crippen LogP contribution is -2.16. The molecule has 0 spiro atoms. The van der Waals surface area contributed by atoms with E-state index in [9.17, 15) is 8.78 Å². The van der Waals surface area contributed by atoms with Crippen LogP contribution in [0.3, 0.4) is 0 Å². The highest BCUT2D eigenvalue weighted by Crippen LogP contribution is 2.15. The second-order valence-electron chi connectivity index (χ2n) is 4.44. The number of hydrogen-bond donors (Lipinski definition) is 0. The van der Waals surface area contributed by atoms with Gasteiger partial charge >= 0.3 is 0 Å². The summed E-state index contributed by atoms with van der Waals surface area (Å²) in [6, 6.07) is 3.91. The number of hydrogen-bond acceptors (Lipinski definition) is 1. The Bertz CT molecular complexity index is 316. The van der Waals surface area contributed by atoms with E-state index in [1.54, 1.807) is 0 Å². The predicted molar refractivity (Wildman–Crippen MR) is 60.3 cm³/mol. The maximum atomic E-state index is 13.3. The van der Waals surface area contributed by atoms with Crippen LogP contribution in [0.5, 0.6) is 0 Å². The van der Waals surface area contributed by atoms with E-state index in [-0.39, 0.29) is 18.1 Å². The van der Waals surface area contributed by atoms with E-state index in [0.717, 1.165) is 0 Å². The van der Waals surface area contributed by atoms with Gasteiger partial charge in [-0.2, -0.15) is 0 Å². The molecule has 0 aliphatic carbocycles. The lowest BCUT2D eigenvalue weighted by atomic mass is 10.1. The summed E-state index contributed by atoms with van der Waals surface area (Å²) in [6.07, 6.45) is 0.0967. The zero-order valence-corrected chi connectivity index (χ0v) is 9.97. The van der Waals surface area contributed by atoms with E-state index in [4.69, 9.17) is 4.74 Å². The average molecular weight is 228 g/mol. The third-order valence-electron chi connectivity index (χ3n) is 2.27. The lowest BCUT2D eigenvalue weighted by Gasteiger charge is -2.15. The van der Waals surface area contributed by atoms with E-state index >= 15 is 0 Å². The number of rotatable bonds is 5. The summed E-state index contributed by atoms with van der Waals surface area (Å²) >= 11 is 0. The standard InChI is InChI=1S/C13H18F2O/c1-9(2)8-16-10(3)7-11-12(14)5-4-6-13(11)15/h4-6,9-10H,7-8H2,1-3H3. The van der Waals surface area contributed by atoms with E-state index in [1.165, 1.54) is 18.2 Å². The van der Waals surface area contributed by atoms with Crippen molar-refractivity contribution in [1.82, 2.24) is 0 Å². The van der Waals surface area contributed by atoms with Gasteiger partial charge in [0.2, 0.25) is 0 Å². The van der Waals surface area contributed by atoms with Crippen molar-refractivity contribution in [3.05, 3.63) is 35.4 Å². The van der Waals surface area contributed by atoms with Crippen LogP contribution < -0.4 is 0 Å². The van der Waals surface area contributed by atoms with Gasteiger partial charge in [0, 0.05) is 18.6 Å². The number of benzene rings is 1. The Morgan fingerprint density at radius 2 is 1.69 bits per heavy atom. The summed E-state index contributed by atoms with van der Waals surface area (Å²) in [5.41, 5.74) is 0.110. The topological polar surface area (TPSA) is 9.23 Å². The average Bonchev–Trinajstić information content (AvgIpc) is 2.21. The first kappa shape index (κ1) is 13.1. The molecule has 90 valence electrons. The van der Waals surface area contributed by atoms with Gasteiger partial charge in [-0.25, -0.2) is 8.78 Å². The fourth-order valence-electron chi connectivity index (χ4n) is 1.43. The van der Waals surface area contributed by atoms with Crippen LogP contribution in [0.1, 0.15) is 26.3 Å². The van der Waals surface area contributed by atoms with Gasteiger partial charge in [0.15, 0.2) is 0 Å². The Morgan fingerprint density at radius 3 is 2.19 bits per heavy atom. The fraction of sp³-hybridized carbons (Fsp3) is 0.538. The van der Waals surface area contributed by atoms with Gasteiger partial charge in [-0.15, -0.1) is 0 Å². The van der Waals surface area contributed by atoms with E-state index in [2.05, 4.69) is 0 Å². The summed E-state index contributed by atoms with van der Waals surface area (Å²) in [5, 5.41) is 0. The Kier molecular flexibility index (Phi) is 4.87. The van der Waals surface area contributed by atoms with Crippen LogP contribution in [-0.2, 0) is 11.2 Å². The zero-order valence-electron chi connectivity index (χ0n) is 9.97. The normalized spacial score (nSPS) is 13.1. The van der Waals surface area contributed by atoms with Crippen LogP contribution in [0.15, 0.2) is 18.2 Å². The van der Waals surface area contributed by atoms with Crippen LogP contribution in [0.2, 0.25) is 0 Å². The molecule has 0 fully saturated rings. The van der Waals surface area contributed by atoms with Crippen molar-refractivity contribution >= 4 is 0 Å². The van der Waals surface area contributed by atoms with Gasteiger partial charge in [0.05, 0.1) is 6.10 Å². The fourth-order valence-corrected chi connectivity index (χ4v) is 1.43. The molecule has 1 aromatic rings. The molecule has 0 aliphatic heterocycles. The van der Waals surface area contributed by atoms with E-state index < -0.39 is 11.6 Å². The zero-order chi connectivity index (χ0) is 12.1. The Balaban J connectivity index is 2.59. The van der Waals surface area contributed by atoms with Crippen molar-refractivity contribution in [2.75, 3.05) is 6.61 Å². The second-order valence-corrected chi connectivity index (χ2v) is 4.44. The van der Waals surface area contributed by atoms with Crippen molar-refractivity contribution in [1.29, 1.82) is 0 Å². The Morgan fingerprint density at radius 1 is 1.12 bits per heavy atom. The smallest absolute Gasteiger partial charge is 0.129 e. The van der Waals surface area contributed by atoms with Crippen molar-refractivity contribution in [2.45, 2.75) is 33.3 Å². The number of halogens is 2. The van der Waals surface area contributed by atoms with Crippen molar-refractivity contribution in [2.24, 2.45) is 5.92 Å². The minimum absolute atomic E-state index is 0.110. The SMILES string of the molecule is CC(C)COC(C)Cc1c(F)cccc1F. The molecule has 0 bridgehead atoms. The summed E-state index contributed by atoms with van der Waals surface area (Å²) in [7, 11) is 0. The first-order valence-corrected chi connectivity index (χ1v) is 5.55. The highest BCUT2D eigenvalue weighted by Gasteiger charge is 2.13. The van der Waals surface area contributed by atoms with Crippen LogP contribution in [0, 0.1) is 17.6 Å². The molecule has 1 rings (SSSR count). The molecule has 0 amide bonds. The molecule has 0 aliphatic rings. The molecule has 3 heteroatoms. The Hall–Kier alpha value is -0.960. The highest BCUT2D eigenvalue weighted by molar-refractivity contribution is 5.20. The van der Waals surface area contributed by atoms with Crippen LogP contribution in [-0.4, -0.2) is 12.7 Å². The van der Waals surface area contributed by atoms with Crippen molar-refractivity contribution in [3.8, 4) is 0 Å². The van der Waals surface area contributed by atoms with Gasteiger partial charge in [-0.3, -0.25) is 0 Å². The molecular formula is C13H18F2O.